The molecule has 2 atom stereocenters. The first-order chi connectivity index (χ1) is 14.7. The SMILES string of the molecule is C[C@H](NC(=O)OCC1c2ccccc2-c2ccccc21)[C@@H](CO)NC(=O)OC(C)(C)C. The van der Waals surface area contributed by atoms with Crippen LogP contribution in [0.1, 0.15) is 44.7 Å². The molecule has 1 aliphatic carbocycles. The summed E-state index contributed by atoms with van der Waals surface area (Å²) in [5.74, 6) is -0.0398. The lowest BCUT2D eigenvalue weighted by Gasteiger charge is -2.26. The number of amides is 2. The Morgan fingerprint density at radius 2 is 1.52 bits per heavy atom. The standard InChI is InChI=1S/C24H30N2O5/c1-15(21(13-27)26-23(29)31-24(2,3)4)25-22(28)30-14-20-18-11-7-5-9-16(18)17-10-6-8-12-19(17)20/h5-12,15,20-21,27H,13-14H2,1-4H3,(H,25,28)(H,26,29)/t15-,21+/m0/s1. The third kappa shape index (κ3) is 5.55. The number of carbonyl (C=O) groups excluding carboxylic acids is 2. The lowest BCUT2D eigenvalue weighted by Crippen LogP contribution is -2.53. The van der Waals surface area contributed by atoms with Crippen molar-refractivity contribution < 1.29 is 24.2 Å². The Morgan fingerprint density at radius 1 is 0.968 bits per heavy atom. The number of aliphatic hydroxyl groups excluding tert-OH is 1. The molecule has 2 aromatic rings. The lowest BCUT2D eigenvalue weighted by atomic mass is 9.98. The van der Waals surface area contributed by atoms with E-state index in [1.54, 1.807) is 27.7 Å². The first-order valence-corrected chi connectivity index (χ1v) is 10.4. The maximum absolute atomic E-state index is 12.4. The molecule has 2 aromatic carbocycles. The maximum atomic E-state index is 12.4. The highest BCUT2D eigenvalue weighted by molar-refractivity contribution is 5.79. The zero-order valence-corrected chi connectivity index (χ0v) is 18.3. The summed E-state index contributed by atoms with van der Waals surface area (Å²) in [6.07, 6.45) is -1.27. The normalized spacial score (nSPS) is 14.7. The van der Waals surface area contributed by atoms with Crippen LogP contribution in [0, 0.1) is 0 Å². The van der Waals surface area contributed by atoms with Gasteiger partial charge in [0.05, 0.1) is 18.7 Å². The quantitative estimate of drug-likeness (QED) is 0.653. The van der Waals surface area contributed by atoms with Crippen molar-refractivity contribution in [1.82, 2.24) is 10.6 Å². The minimum atomic E-state index is -0.713. The number of benzene rings is 2. The molecule has 7 nitrogen and oxygen atoms in total. The van der Waals surface area contributed by atoms with E-state index in [0.29, 0.717) is 0 Å². The second-order valence-corrected chi connectivity index (χ2v) is 8.69. The predicted octanol–water partition coefficient (Wildman–Crippen LogP) is 3.80. The Bertz CT molecular complexity index is 892. The molecule has 0 bridgehead atoms. The molecule has 3 N–H and O–H groups in total. The lowest BCUT2D eigenvalue weighted by molar-refractivity contribution is 0.0464. The van der Waals surface area contributed by atoms with Gasteiger partial charge in [-0.3, -0.25) is 0 Å². The minimum Gasteiger partial charge on any atom is -0.449 e. The van der Waals surface area contributed by atoms with Crippen LogP contribution >= 0.6 is 0 Å². The smallest absolute Gasteiger partial charge is 0.408 e. The zero-order valence-electron chi connectivity index (χ0n) is 18.3. The van der Waals surface area contributed by atoms with Crippen LogP contribution in [0.3, 0.4) is 0 Å². The molecule has 2 amide bonds. The third-order valence-corrected chi connectivity index (χ3v) is 5.19. The van der Waals surface area contributed by atoms with Crippen molar-refractivity contribution in [2.45, 2.75) is 51.3 Å². The van der Waals surface area contributed by atoms with Gasteiger partial charge in [0.25, 0.3) is 0 Å². The number of fused-ring (bicyclic) bond motifs is 3. The van der Waals surface area contributed by atoms with Gasteiger partial charge < -0.3 is 25.2 Å². The molecule has 0 radical (unpaired) electrons. The van der Waals surface area contributed by atoms with E-state index in [2.05, 4.69) is 34.9 Å². The van der Waals surface area contributed by atoms with E-state index < -0.39 is 29.9 Å². The number of alkyl carbamates (subject to hydrolysis) is 2. The Balaban J connectivity index is 1.58. The van der Waals surface area contributed by atoms with Gasteiger partial charge in [0, 0.05) is 5.92 Å². The summed E-state index contributed by atoms with van der Waals surface area (Å²) < 4.78 is 10.7. The molecule has 0 fully saturated rings. The molecule has 0 heterocycles. The van der Waals surface area contributed by atoms with Crippen LogP contribution in [0.5, 0.6) is 0 Å². The zero-order chi connectivity index (χ0) is 22.6. The van der Waals surface area contributed by atoms with Gasteiger partial charge in [0.15, 0.2) is 0 Å². The van der Waals surface area contributed by atoms with Crippen molar-refractivity contribution in [2.75, 3.05) is 13.2 Å². The van der Waals surface area contributed by atoms with Crippen LogP contribution in [0.4, 0.5) is 9.59 Å². The predicted molar refractivity (Wildman–Crippen MR) is 118 cm³/mol. The minimum absolute atomic E-state index is 0.0398. The molecule has 0 spiro atoms. The van der Waals surface area contributed by atoms with E-state index in [1.807, 2.05) is 24.3 Å². The van der Waals surface area contributed by atoms with Gasteiger partial charge in [-0.1, -0.05) is 48.5 Å². The van der Waals surface area contributed by atoms with E-state index in [9.17, 15) is 14.7 Å². The monoisotopic (exact) mass is 426 g/mol. The van der Waals surface area contributed by atoms with Crippen molar-refractivity contribution in [3.63, 3.8) is 0 Å². The van der Waals surface area contributed by atoms with Crippen molar-refractivity contribution in [3.8, 4) is 11.1 Å². The van der Waals surface area contributed by atoms with Crippen molar-refractivity contribution in [1.29, 1.82) is 0 Å². The molecule has 3 rings (SSSR count). The summed E-state index contributed by atoms with van der Waals surface area (Å²) in [6.45, 7) is 6.76. The van der Waals surface area contributed by atoms with Gasteiger partial charge in [-0.05, 0) is 49.9 Å². The van der Waals surface area contributed by atoms with Gasteiger partial charge >= 0.3 is 12.2 Å². The van der Waals surface area contributed by atoms with Gasteiger partial charge in [-0.25, -0.2) is 9.59 Å². The van der Waals surface area contributed by atoms with E-state index in [0.717, 1.165) is 22.3 Å². The average Bonchev–Trinajstić information content (AvgIpc) is 3.03. The van der Waals surface area contributed by atoms with Gasteiger partial charge in [-0.2, -0.15) is 0 Å². The highest BCUT2D eigenvalue weighted by atomic mass is 16.6. The number of carbonyl (C=O) groups is 2. The van der Waals surface area contributed by atoms with Crippen LogP contribution < -0.4 is 10.6 Å². The van der Waals surface area contributed by atoms with Gasteiger partial charge in [0.2, 0.25) is 0 Å². The summed E-state index contributed by atoms with van der Waals surface area (Å²) in [4.78, 5) is 24.4. The van der Waals surface area contributed by atoms with E-state index in [1.165, 1.54) is 0 Å². The second kappa shape index (κ2) is 9.39. The number of aliphatic hydroxyl groups is 1. The molecule has 1 aliphatic rings. The average molecular weight is 427 g/mol. The first-order valence-electron chi connectivity index (χ1n) is 10.4. The Labute approximate surface area is 182 Å². The molecule has 0 aromatic heterocycles. The van der Waals surface area contributed by atoms with Gasteiger partial charge in [0.1, 0.15) is 12.2 Å². The first kappa shape index (κ1) is 22.6. The maximum Gasteiger partial charge on any atom is 0.408 e. The molecular formula is C24H30N2O5. The van der Waals surface area contributed by atoms with Crippen LogP contribution in [0.15, 0.2) is 48.5 Å². The largest absolute Gasteiger partial charge is 0.449 e. The Kier molecular flexibility index (Phi) is 6.85. The molecule has 0 aliphatic heterocycles. The molecule has 7 heteroatoms. The highest BCUT2D eigenvalue weighted by Gasteiger charge is 2.30. The number of rotatable bonds is 6. The topological polar surface area (TPSA) is 96.9 Å². The van der Waals surface area contributed by atoms with Crippen molar-refractivity contribution >= 4 is 12.2 Å². The molecule has 0 saturated carbocycles. The Hall–Kier alpha value is -3.06. The number of nitrogens with one attached hydrogen (secondary N) is 2. The number of hydrogen-bond acceptors (Lipinski definition) is 5. The van der Waals surface area contributed by atoms with Crippen LogP contribution in [-0.2, 0) is 9.47 Å². The summed E-state index contributed by atoms with van der Waals surface area (Å²) in [7, 11) is 0. The fraction of sp³-hybridized carbons (Fsp3) is 0.417. The second-order valence-electron chi connectivity index (χ2n) is 8.69. The fourth-order valence-electron chi connectivity index (χ4n) is 3.71. The summed E-state index contributed by atoms with van der Waals surface area (Å²) in [5.41, 5.74) is 3.91. The highest BCUT2D eigenvalue weighted by Crippen LogP contribution is 2.44. The Morgan fingerprint density at radius 3 is 2.03 bits per heavy atom. The molecule has 0 unspecified atom stereocenters. The number of hydrogen-bond donors (Lipinski definition) is 3. The molecule has 0 saturated heterocycles. The van der Waals surface area contributed by atoms with E-state index >= 15 is 0 Å². The summed E-state index contributed by atoms with van der Waals surface area (Å²) in [6, 6.07) is 14.9. The van der Waals surface area contributed by atoms with Crippen molar-refractivity contribution in [2.24, 2.45) is 0 Å². The number of ether oxygens (including phenoxy) is 2. The van der Waals surface area contributed by atoms with E-state index in [-0.39, 0.29) is 19.1 Å². The van der Waals surface area contributed by atoms with Gasteiger partial charge in [-0.15, -0.1) is 0 Å². The molecule has 166 valence electrons. The van der Waals surface area contributed by atoms with Crippen molar-refractivity contribution in [3.05, 3.63) is 59.7 Å². The van der Waals surface area contributed by atoms with Crippen LogP contribution in [0.2, 0.25) is 0 Å². The fourth-order valence-corrected chi connectivity index (χ4v) is 3.71. The van der Waals surface area contributed by atoms with Crippen LogP contribution in [-0.4, -0.2) is 48.2 Å². The molecular weight excluding hydrogens is 396 g/mol. The molecule has 31 heavy (non-hydrogen) atoms. The van der Waals surface area contributed by atoms with E-state index in [4.69, 9.17) is 9.47 Å². The summed E-state index contributed by atoms with van der Waals surface area (Å²) >= 11 is 0. The third-order valence-electron chi connectivity index (χ3n) is 5.19. The van der Waals surface area contributed by atoms with Crippen LogP contribution in [0.25, 0.3) is 11.1 Å². The summed E-state index contributed by atoms with van der Waals surface area (Å²) in [5, 5.41) is 14.9.